The SMILES string of the molecule is O=C(NCCc1c[nH]c2c(Cl)cccc12)c1ccc2n1CCNC21CCC1. The molecule has 27 heavy (non-hydrogen) atoms. The van der Waals surface area contributed by atoms with Gasteiger partial charge < -0.3 is 20.2 Å². The number of hydrogen-bond donors (Lipinski definition) is 3. The summed E-state index contributed by atoms with van der Waals surface area (Å²) < 4.78 is 2.20. The lowest BCUT2D eigenvalue weighted by Gasteiger charge is -2.46. The lowest BCUT2D eigenvalue weighted by molar-refractivity contribution is 0.0937. The van der Waals surface area contributed by atoms with Gasteiger partial charge in [0.05, 0.1) is 16.1 Å². The van der Waals surface area contributed by atoms with E-state index in [0.717, 1.165) is 41.1 Å². The second-order valence-electron chi connectivity index (χ2n) is 7.60. The highest BCUT2D eigenvalue weighted by Crippen LogP contribution is 2.43. The Hall–Kier alpha value is -2.24. The molecule has 2 aliphatic rings. The van der Waals surface area contributed by atoms with Crippen LogP contribution in [-0.4, -0.2) is 28.5 Å². The molecule has 0 bridgehead atoms. The van der Waals surface area contributed by atoms with E-state index in [1.807, 2.05) is 24.4 Å². The predicted octanol–water partition coefficient (Wildman–Crippen LogP) is 3.58. The van der Waals surface area contributed by atoms with Crippen LogP contribution >= 0.6 is 11.6 Å². The van der Waals surface area contributed by atoms with Crippen LogP contribution in [0, 0.1) is 0 Å². The molecule has 3 N–H and O–H groups in total. The topological polar surface area (TPSA) is 61.9 Å². The maximum absolute atomic E-state index is 12.8. The number of benzene rings is 1. The van der Waals surface area contributed by atoms with Gasteiger partial charge in [-0.3, -0.25) is 4.79 Å². The van der Waals surface area contributed by atoms with E-state index < -0.39 is 0 Å². The van der Waals surface area contributed by atoms with Crippen LogP contribution in [0.25, 0.3) is 10.9 Å². The molecule has 1 saturated carbocycles. The minimum atomic E-state index is 0.00972. The Morgan fingerprint density at radius 1 is 1.26 bits per heavy atom. The van der Waals surface area contributed by atoms with Gasteiger partial charge in [-0.2, -0.15) is 0 Å². The molecular weight excluding hydrogens is 360 g/mol. The van der Waals surface area contributed by atoms with Crippen molar-refractivity contribution in [1.82, 2.24) is 20.2 Å². The average molecular weight is 383 g/mol. The molecule has 1 spiro atoms. The molecule has 2 aromatic heterocycles. The number of amides is 1. The van der Waals surface area contributed by atoms with Crippen LogP contribution in [0.4, 0.5) is 0 Å². The van der Waals surface area contributed by atoms with Crippen molar-refractivity contribution in [2.24, 2.45) is 0 Å². The molecular formula is C21H23ClN4O. The van der Waals surface area contributed by atoms with Gasteiger partial charge in [0.25, 0.3) is 5.91 Å². The molecule has 5 rings (SSSR count). The number of nitrogens with zero attached hydrogens (tertiary/aromatic N) is 1. The minimum Gasteiger partial charge on any atom is -0.360 e. The fourth-order valence-electron chi connectivity index (χ4n) is 4.57. The molecule has 140 valence electrons. The van der Waals surface area contributed by atoms with E-state index >= 15 is 0 Å². The van der Waals surface area contributed by atoms with Crippen LogP contribution in [0.1, 0.15) is 41.0 Å². The summed E-state index contributed by atoms with van der Waals surface area (Å²) in [5.41, 5.74) is 4.29. The summed E-state index contributed by atoms with van der Waals surface area (Å²) in [6.45, 7) is 2.38. The lowest BCUT2D eigenvalue weighted by Crippen LogP contribution is -2.54. The second-order valence-corrected chi connectivity index (χ2v) is 8.01. The van der Waals surface area contributed by atoms with Crippen molar-refractivity contribution in [1.29, 1.82) is 0 Å². The molecule has 0 radical (unpaired) electrons. The number of halogens is 1. The van der Waals surface area contributed by atoms with Gasteiger partial charge in [-0.25, -0.2) is 0 Å². The third-order valence-corrected chi connectivity index (χ3v) is 6.45. The van der Waals surface area contributed by atoms with Gasteiger partial charge in [0.2, 0.25) is 0 Å². The molecule has 0 unspecified atom stereocenters. The predicted molar refractivity (Wildman–Crippen MR) is 107 cm³/mol. The molecule has 5 nitrogen and oxygen atoms in total. The first-order valence-electron chi connectivity index (χ1n) is 9.66. The van der Waals surface area contributed by atoms with E-state index in [1.165, 1.54) is 30.5 Å². The van der Waals surface area contributed by atoms with Gasteiger partial charge in [-0.15, -0.1) is 0 Å². The quantitative estimate of drug-likeness (QED) is 0.645. The number of para-hydroxylation sites is 1. The summed E-state index contributed by atoms with van der Waals surface area (Å²) >= 11 is 6.22. The highest BCUT2D eigenvalue weighted by Gasteiger charge is 2.43. The van der Waals surface area contributed by atoms with E-state index in [4.69, 9.17) is 11.6 Å². The van der Waals surface area contributed by atoms with Crippen molar-refractivity contribution in [2.75, 3.05) is 13.1 Å². The zero-order valence-corrected chi connectivity index (χ0v) is 15.9. The zero-order chi connectivity index (χ0) is 18.4. The van der Waals surface area contributed by atoms with Gasteiger partial charge in [-0.1, -0.05) is 23.7 Å². The van der Waals surface area contributed by atoms with E-state index in [9.17, 15) is 4.79 Å². The Labute approximate surface area is 163 Å². The summed E-state index contributed by atoms with van der Waals surface area (Å²) in [5, 5.41) is 8.59. The maximum Gasteiger partial charge on any atom is 0.267 e. The Balaban J connectivity index is 1.28. The fourth-order valence-corrected chi connectivity index (χ4v) is 4.80. The summed E-state index contributed by atoms with van der Waals surface area (Å²) in [7, 11) is 0. The molecule has 1 amide bonds. The smallest absolute Gasteiger partial charge is 0.267 e. The minimum absolute atomic E-state index is 0.00972. The molecule has 1 aromatic carbocycles. The van der Waals surface area contributed by atoms with Crippen LogP contribution in [0.3, 0.4) is 0 Å². The highest BCUT2D eigenvalue weighted by molar-refractivity contribution is 6.35. The molecule has 1 aliphatic heterocycles. The number of aromatic nitrogens is 2. The third kappa shape index (κ3) is 2.68. The van der Waals surface area contributed by atoms with Crippen LogP contribution in [0.5, 0.6) is 0 Å². The number of hydrogen-bond acceptors (Lipinski definition) is 2. The number of aromatic amines is 1. The van der Waals surface area contributed by atoms with Crippen LogP contribution in [-0.2, 0) is 18.5 Å². The summed E-state index contributed by atoms with van der Waals surface area (Å²) in [6, 6.07) is 10.00. The monoisotopic (exact) mass is 382 g/mol. The molecule has 1 fully saturated rings. The Morgan fingerprint density at radius 3 is 2.96 bits per heavy atom. The van der Waals surface area contributed by atoms with Gasteiger partial charge in [-0.05, 0) is 49.4 Å². The molecule has 6 heteroatoms. The van der Waals surface area contributed by atoms with Crippen LogP contribution in [0.2, 0.25) is 5.02 Å². The van der Waals surface area contributed by atoms with E-state index in [0.29, 0.717) is 6.54 Å². The summed E-state index contributed by atoms with van der Waals surface area (Å²) in [5.74, 6) is 0.00972. The number of fused-ring (bicyclic) bond motifs is 3. The third-order valence-electron chi connectivity index (χ3n) is 6.14. The maximum atomic E-state index is 12.8. The molecule has 0 atom stereocenters. The molecule has 0 saturated heterocycles. The Morgan fingerprint density at radius 2 is 2.15 bits per heavy atom. The second kappa shape index (κ2) is 6.43. The van der Waals surface area contributed by atoms with Crippen molar-refractivity contribution >= 4 is 28.4 Å². The first kappa shape index (κ1) is 16.9. The number of carbonyl (C=O) groups excluding carboxylic acids is 1. The van der Waals surface area contributed by atoms with E-state index in [1.54, 1.807) is 0 Å². The van der Waals surface area contributed by atoms with Gasteiger partial charge in [0.1, 0.15) is 5.69 Å². The van der Waals surface area contributed by atoms with Gasteiger partial charge in [0.15, 0.2) is 0 Å². The van der Waals surface area contributed by atoms with E-state index in [-0.39, 0.29) is 11.4 Å². The Kier molecular flexibility index (Phi) is 4.02. The summed E-state index contributed by atoms with van der Waals surface area (Å²) in [4.78, 5) is 16.0. The van der Waals surface area contributed by atoms with Crippen LogP contribution < -0.4 is 10.6 Å². The lowest BCUT2D eigenvalue weighted by atomic mass is 9.73. The number of nitrogens with one attached hydrogen (secondary N) is 3. The Bertz CT molecular complexity index is 1010. The zero-order valence-electron chi connectivity index (χ0n) is 15.1. The number of H-pyrrole nitrogens is 1. The number of carbonyl (C=O) groups is 1. The molecule has 3 heterocycles. The van der Waals surface area contributed by atoms with Gasteiger partial charge in [0, 0.05) is 36.9 Å². The molecule has 1 aliphatic carbocycles. The van der Waals surface area contributed by atoms with Gasteiger partial charge >= 0.3 is 0 Å². The largest absolute Gasteiger partial charge is 0.360 e. The van der Waals surface area contributed by atoms with E-state index in [2.05, 4.69) is 32.3 Å². The standard InChI is InChI=1S/C21H23ClN4O/c22-16-4-1-3-15-14(13-24-19(15)16)7-10-23-20(27)17-5-6-18-21(8-2-9-21)25-11-12-26(17)18/h1,3-6,13,24-25H,2,7-12H2,(H,23,27). The van der Waals surface area contributed by atoms with Crippen molar-refractivity contribution in [2.45, 2.75) is 37.8 Å². The van der Waals surface area contributed by atoms with Crippen molar-refractivity contribution in [3.63, 3.8) is 0 Å². The van der Waals surface area contributed by atoms with Crippen LogP contribution in [0.15, 0.2) is 36.5 Å². The summed E-state index contributed by atoms with van der Waals surface area (Å²) in [6.07, 6.45) is 6.34. The number of rotatable bonds is 4. The van der Waals surface area contributed by atoms with Crippen molar-refractivity contribution < 1.29 is 4.79 Å². The molecule has 3 aromatic rings. The normalized spacial score (nSPS) is 17.7. The average Bonchev–Trinajstić information content (AvgIpc) is 3.25. The van der Waals surface area contributed by atoms with Crippen molar-refractivity contribution in [3.8, 4) is 0 Å². The highest BCUT2D eigenvalue weighted by atomic mass is 35.5. The van der Waals surface area contributed by atoms with Crippen molar-refractivity contribution in [3.05, 3.63) is 58.5 Å². The fraction of sp³-hybridized carbons (Fsp3) is 0.381. The first-order valence-corrected chi connectivity index (χ1v) is 10.0. The first-order chi connectivity index (χ1) is 13.2.